The van der Waals surface area contributed by atoms with Crippen molar-refractivity contribution in [1.82, 2.24) is 5.32 Å². The molecule has 19 heavy (non-hydrogen) atoms. The maximum absolute atomic E-state index is 12.2. The van der Waals surface area contributed by atoms with Crippen molar-refractivity contribution in [3.8, 4) is 5.75 Å². The predicted molar refractivity (Wildman–Crippen MR) is 82.9 cm³/mol. The van der Waals surface area contributed by atoms with E-state index in [9.17, 15) is 9.90 Å². The molecule has 1 aromatic carbocycles. The van der Waals surface area contributed by atoms with Gasteiger partial charge >= 0.3 is 0 Å². The van der Waals surface area contributed by atoms with Gasteiger partial charge in [-0.1, -0.05) is 29.8 Å². The fourth-order valence-corrected chi connectivity index (χ4v) is 2.13. The summed E-state index contributed by atoms with van der Waals surface area (Å²) in [4.78, 5) is 12.2. The summed E-state index contributed by atoms with van der Waals surface area (Å²) in [6, 6.07) is 4.76. The second-order valence-corrected chi connectivity index (χ2v) is 5.22. The number of amides is 1. The van der Waals surface area contributed by atoms with Crippen LogP contribution in [0.4, 0.5) is 0 Å². The van der Waals surface area contributed by atoms with Gasteiger partial charge in [0.2, 0.25) is 0 Å². The van der Waals surface area contributed by atoms with Gasteiger partial charge in [0.15, 0.2) is 0 Å². The van der Waals surface area contributed by atoms with E-state index < -0.39 is 5.54 Å². The number of aromatic hydroxyl groups is 1. The Bertz CT molecular complexity index is 428. The van der Waals surface area contributed by atoms with Crippen molar-refractivity contribution >= 4 is 34.2 Å². The highest BCUT2D eigenvalue weighted by Crippen LogP contribution is 2.23. The number of nitrogens with one attached hydrogen (secondary N) is 1. The highest BCUT2D eigenvalue weighted by atomic mass is 79.9. The number of carbonyl (C=O) groups excluding carboxylic acids is 1. The molecule has 0 saturated carbocycles. The molecule has 0 fully saturated rings. The monoisotopic (exact) mass is 350 g/mol. The molecule has 0 spiro atoms. The molecule has 4 N–H and O–H groups in total. The zero-order valence-corrected chi connectivity index (χ0v) is 13.5. The number of hydrogen-bond acceptors (Lipinski definition) is 3. The topological polar surface area (TPSA) is 75.3 Å². The third-order valence-electron chi connectivity index (χ3n) is 3.33. The molecule has 6 heteroatoms. The Labute approximate surface area is 128 Å². The summed E-state index contributed by atoms with van der Waals surface area (Å²) in [6.45, 7) is 4.34. The molecule has 1 amide bonds. The molecule has 0 saturated heterocycles. The number of nitrogens with two attached hydrogens (primary N) is 1. The van der Waals surface area contributed by atoms with Crippen LogP contribution in [0.3, 0.4) is 0 Å². The van der Waals surface area contributed by atoms with Gasteiger partial charge in [-0.25, -0.2) is 0 Å². The van der Waals surface area contributed by atoms with E-state index in [2.05, 4.69) is 21.2 Å². The van der Waals surface area contributed by atoms with Crippen molar-refractivity contribution in [2.45, 2.75) is 32.2 Å². The molecule has 0 aliphatic rings. The minimum atomic E-state index is -0.411. The van der Waals surface area contributed by atoms with Crippen molar-refractivity contribution in [1.29, 1.82) is 0 Å². The molecule has 0 unspecified atom stereocenters. The average Bonchev–Trinajstić information content (AvgIpc) is 2.38. The van der Waals surface area contributed by atoms with Gasteiger partial charge in [-0.15, -0.1) is 12.4 Å². The normalized spacial score (nSPS) is 10.7. The van der Waals surface area contributed by atoms with Crippen LogP contribution in [0.1, 0.15) is 37.0 Å². The lowest BCUT2D eigenvalue weighted by atomic mass is 9.92. The zero-order chi connectivity index (χ0) is 13.8. The zero-order valence-electron chi connectivity index (χ0n) is 11.1. The molecule has 0 atom stereocenters. The number of phenols is 1. The number of phenolic OH excluding ortho intramolecular Hbond substituents is 1. The summed E-state index contributed by atoms with van der Waals surface area (Å²) in [5, 5.41) is 12.6. The van der Waals surface area contributed by atoms with Crippen LogP contribution >= 0.6 is 28.3 Å². The van der Waals surface area contributed by atoms with E-state index >= 15 is 0 Å². The van der Waals surface area contributed by atoms with Gasteiger partial charge in [-0.3, -0.25) is 4.79 Å². The molecule has 0 radical (unpaired) electrons. The summed E-state index contributed by atoms with van der Waals surface area (Å²) in [6.07, 6.45) is 1.50. The summed E-state index contributed by atoms with van der Waals surface area (Å²) < 4.78 is 0.747. The summed E-state index contributed by atoms with van der Waals surface area (Å²) in [5.41, 5.74) is 5.58. The molecule has 4 nitrogen and oxygen atoms in total. The molecule has 1 rings (SSSR count). The van der Waals surface area contributed by atoms with Crippen LogP contribution in [0, 0.1) is 0 Å². The standard InChI is InChI=1S/C13H19BrN2O2.ClH/c1-3-13(4-2,8-15)16-12(18)10-7-9(14)5-6-11(10)17;/h5-7,17H,3-4,8,15H2,1-2H3,(H,16,18);1H. The first-order chi connectivity index (χ1) is 8.48. The van der Waals surface area contributed by atoms with Gasteiger partial charge in [0.25, 0.3) is 5.91 Å². The Balaban J connectivity index is 0.00000324. The average molecular weight is 352 g/mol. The van der Waals surface area contributed by atoms with Crippen LogP contribution in [0.25, 0.3) is 0 Å². The lowest BCUT2D eigenvalue weighted by Crippen LogP contribution is -2.52. The first kappa shape index (κ1) is 18.2. The first-order valence-corrected chi connectivity index (χ1v) is 6.78. The molecule has 1 aromatic rings. The van der Waals surface area contributed by atoms with Crippen LogP contribution in [0.5, 0.6) is 5.75 Å². The van der Waals surface area contributed by atoms with Crippen LogP contribution in [0.15, 0.2) is 22.7 Å². The van der Waals surface area contributed by atoms with Crippen molar-refractivity contribution in [3.63, 3.8) is 0 Å². The highest BCUT2D eigenvalue weighted by molar-refractivity contribution is 9.10. The Kier molecular flexibility index (Phi) is 7.41. The number of benzene rings is 1. The molecule has 0 heterocycles. The lowest BCUT2D eigenvalue weighted by Gasteiger charge is -2.31. The second-order valence-electron chi connectivity index (χ2n) is 4.31. The van der Waals surface area contributed by atoms with Gasteiger partial charge in [-0.05, 0) is 31.0 Å². The van der Waals surface area contributed by atoms with Crippen molar-refractivity contribution in [3.05, 3.63) is 28.2 Å². The third-order valence-corrected chi connectivity index (χ3v) is 3.82. The van der Waals surface area contributed by atoms with Gasteiger partial charge in [0, 0.05) is 11.0 Å². The van der Waals surface area contributed by atoms with E-state index in [1.54, 1.807) is 12.1 Å². The summed E-state index contributed by atoms with van der Waals surface area (Å²) in [7, 11) is 0. The third kappa shape index (κ3) is 4.37. The van der Waals surface area contributed by atoms with Gasteiger partial charge < -0.3 is 16.2 Å². The number of hydrogen-bond donors (Lipinski definition) is 3. The van der Waals surface area contributed by atoms with E-state index in [1.807, 2.05) is 13.8 Å². The van der Waals surface area contributed by atoms with E-state index in [4.69, 9.17) is 5.73 Å². The van der Waals surface area contributed by atoms with Crippen LogP contribution in [-0.4, -0.2) is 23.1 Å². The molecule has 0 bridgehead atoms. The summed E-state index contributed by atoms with van der Waals surface area (Å²) in [5.74, 6) is -0.336. The summed E-state index contributed by atoms with van der Waals surface area (Å²) >= 11 is 3.28. The first-order valence-electron chi connectivity index (χ1n) is 5.99. The molecular weight excluding hydrogens is 332 g/mol. The predicted octanol–water partition coefficient (Wildman–Crippen LogP) is 2.82. The Morgan fingerprint density at radius 3 is 2.47 bits per heavy atom. The number of rotatable bonds is 5. The fourth-order valence-electron chi connectivity index (χ4n) is 1.76. The van der Waals surface area contributed by atoms with Crippen LogP contribution < -0.4 is 11.1 Å². The van der Waals surface area contributed by atoms with Crippen molar-refractivity contribution in [2.75, 3.05) is 6.54 Å². The quantitative estimate of drug-likeness (QED) is 0.763. The van der Waals surface area contributed by atoms with Crippen LogP contribution in [-0.2, 0) is 0 Å². The number of halogens is 2. The Hall–Kier alpha value is -0.780. The van der Waals surface area contributed by atoms with E-state index in [1.165, 1.54) is 6.07 Å². The maximum atomic E-state index is 12.2. The SMILES string of the molecule is CCC(CC)(CN)NC(=O)c1cc(Br)ccc1O.Cl. The van der Waals surface area contributed by atoms with Gasteiger partial charge in [0.1, 0.15) is 5.75 Å². The van der Waals surface area contributed by atoms with Gasteiger partial charge in [0.05, 0.1) is 11.1 Å². The minimum absolute atomic E-state index is 0. The van der Waals surface area contributed by atoms with E-state index in [0.29, 0.717) is 6.54 Å². The Morgan fingerprint density at radius 2 is 2.00 bits per heavy atom. The van der Waals surface area contributed by atoms with Crippen LogP contribution in [0.2, 0.25) is 0 Å². The van der Waals surface area contributed by atoms with Crippen molar-refractivity contribution < 1.29 is 9.90 Å². The van der Waals surface area contributed by atoms with Crippen molar-refractivity contribution in [2.24, 2.45) is 5.73 Å². The maximum Gasteiger partial charge on any atom is 0.255 e. The fraction of sp³-hybridized carbons (Fsp3) is 0.462. The minimum Gasteiger partial charge on any atom is -0.507 e. The smallest absolute Gasteiger partial charge is 0.255 e. The Morgan fingerprint density at radius 1 is 1.42 bits per heavy atom. The molecule has 108 valence electrons. The molecule has 0 aliphatic heterocycles. The van der Waals surface area contributed by atoms with E-state index in [-0.39, 0.29) is 29.6 Å². The molecule has 0 aliphatic carbocycles. The molecule has 0 aromatic heterocycles. The van der Waals surface area contributed by atoms with Gasteiger partial charge in [-0.2, -0.15) is 0 Å². The highest BCUT2D eigenvalue weighted by Gasteiger charge is 2.27. The molecular formula is C13H20BrClN2O2. The van der Waals surface area contributed by atoms with E-state index in [0.717, 1.165) is 17.3 Å². The lowest BCUT2D eigenvalue weighted by molar-refractivity contribution is 0.0892. The second kappa shape index (κ2) is 7.72. The largest absolute Gasteiger partial charge is 0.507 e. The number of carbonyl (C=O) groups is 1.